The Balaban J connectivity index is 1.51. The predicted molar refractivity (Wildman–Crippen MR) is 101 cm³/mol. The van der Waals surface area contributed by atoms with E-state index in [4.69, 9.17) is 11.0 Å². The van der Waals surface area contributed by atoms with E-state index in [1.165, 1.54) is 16.7 Å². The van der Waals surface area contributed by atoms with E-state index in [-0.39, 0.29) is 11.5 Å². The first kappa shape index (κ1) is 16.2. The van der Waals surface area contributed by atoms with Gasteiger partial charge in [0, 0.05) is 18.2 Å². The number of fused-ring (bicyclic) bond motifs is 1. The molecule has 4 rings (SSSR count). The fourth-order valence-electron chi connectivity index (χ4n) is 3.47. The number of nitrogen functional groups attached to an aromatic ring is 1. The summed E-state index contributed by atoms with van der Waals surface area (Å²) in [5.41, 5.74) is 11.4. The second-order valence-corrected chi connectivity index (χ2v) is 6.47. The van der Waals surface area contributed by atoms with Gasteiger partial charge in [-0.25, -0.2) is 9.97 Å². The van der Waals surface area contributed by atoms with Gasteiger partial charge in [-0.05, 0) is 35.6 Å². The number of nitriles is 1. The van der Waals surface area contributed by atoms with E-state index in [9.17, 15) is 0 Å². The Bertz CT molecular complexity index is 990. The first-order valence-corrected chi connectivity index (χ1v) is 8.67. The molecule has 128 valence electrons. The summed E-state index contributed by atoms with van der Waals surface area (Å²) < 4.78 is 0. The zero-order valence-corrected chi connectivity index (χ0v) is 14.3. The van der Waals surface area contributed by atoms with Crippen molar-refractivity contribution in [2.24, 2.45) is 0 Å². The lowest BCUT2D eigenvalue weighted by Crippen LogP contribution is -2.18. The smallest absolute Gasteiger partial charge is 0.183 e. The van der Waals surface area contributed by atoms with Crippen LogP contribution in [0.4, 0.5) is 5.82 Å². The number of hydrogen-bond donors (Lipinski definition) is 2. The Hall–Kier alpha value is -3.23. The van der Waals surface area contributed by atoms with Gasteiger partial charge in [0.25, 0.3) is 0 Å². The van der Waals surface area contributed by atoms with Crippen LogP contribution >= 0.6 is 0 Å². The summed E-state index contributed by atoms with van der Waals surface area (Å²) in [4.78, 5) is 8.37. The number of nitrogens with one attached hydrogen (secondary N) is 1. The van der Waals surface area contributed by atoms with Crippen LogP contribution in [-0.4, -0.2) is 9.97 Å². The van der Waals surface area contributed by atoms with Crippen LogP contribution in [-0.2, 0) is 13.0 Å². The molecule has 0 aliphatic heterocycles. The Morgan fingerprint density at radius 3 is 2.96 bits per heavy atom. The minimum Gasteiger partial charge on any atom is -0.381 e. The fourth-order valence-corrected chi connectivity index (χ4v) is 3.47. The Morgan fingerprint density at radius 2 is 2.08 bits per heavy atom. The molecule has 1 aromatic heterocycles. The molecular formula is C21H19N5. The van der Waals surface area contributed by atoms with Gasteiger partial charge in [-0.3, -0.25) is 0 Å². The molecule has 0 spiro atoms. The van der Waals surface area contributed by atoms with Crippen LogP contribution in [0.1, 0.15) is 34.8 Å². The summed E-state index contributed by atoms with van der Waals surface area (Å²) in [6.45, 7) is 0.778. The quantitative estimate of drug-likeness (QED) is 0.759. The van der Waals surface area contributed by atoms with Crippen molar-refractivity contribution in [2.75, 3.05) is 5.73 Å². The van der Waals surface area contributed by atoms with Crippen molar-refractivity contribution in [3.8, 4) is 17.3 Å². The number of hydrogen-bond acceptors (Lipinski definition) is 5. The predicted octanol–water partition coefficient (Wildman–Crippen LogP) is 3.37. The molecule has 0 unspecified atom stereocenters. The van der Waals surface area contributed by atoms with Gasteiger partial charge in [-0.2, -0.15) is 5.26 Å². The van der Waals surface area contributed by atoms with E-state index >= 15 is 0 Å². The monoisotopic (exact) mass is 341 g/mol. The molecule has 26 heavy (non-hydrogen) atoms. The summed E-state index contributed by atoms with van der Waals surface area (Å²) >= 11 is 0. The van der Waals surface area contributed by atoms with E-state index in [2.05, 4.69) is 51.7 Å². The number of aryl methyl sites for hydroxylation is 1. The van der Waals surface area contributed by atoms with Gasteiger partial charge in [0.15, 0.2) is 11.5 Å². The van der Waals surface area contributed by atoms with Gasteiger partial charge in [0.1, 0.15) is 6.07 Å². The second kappa shape index (κ2) is 6.95. The third-order valence-corrected chi connectivity index (χ3v) is 4.81. The summed E-state index contributed by atoms with van der Waals surface area (Å²) in [6, 6.07) is 19.1. The SMILES string of the molecule is N#Cc1nc(-c2cccc(CN[C@H]3CCc4ccccc43)c2)cnc1N. The number of nitrogens with two attached hydrogens (primary N) is 1. The number of rotatable bonds is 4. The van der Waals surface area contributed by atoms with Gasteiger partial charge in [0.2, 0.25) is 0 Å². The highest BCUT2D eigenvalue weighted by molar-refractivity contribution is 5.61. The lowest BCUT2D eigenvalue weighted by Gasteiger charge is -2.14. The van der Waals surface area contributed by atoms with Crippen molar-refractivity contribution in [3.63, 3.8) is 0 Å². The number of benzene rings is 2. The maximum absolute atomic E-state index is 9.09. The molecule has 0 bridgehead atoms. The molecular weight excluding hydrogens is 322 g/mol. The third-order valence-electron chi connectivity index (χ3n) is 4.81. The second-order valence-electron chi connectivity index (χ2n) is 6.47. The van der Waals surface area contributed by atoms with Gasteiger partial charge >= 0.3 is 0 Å². The summed E-state index contributed by atoms with van der Waals surface area (Å²) in [7, 11) is 0. The Kier molecular flexibility index (Phi) is 4.34. The van der Waals surface area contributed by atoms with E-state index in [0.29, 0.717) is 11.7 Å². The van der Waals surface area contributed by atoms with E-state index in [0.717, 1.165) is 24.9 Å². The molecule has 1 atom stereocenters. The summed E-state index contributed by atoms with van der Waals surface area (Å²) in [6.07, 6.45) is 3.87. The number of anilines is 1. The first-order valence-electron chi connectivity index (χ1n) is 8.67. The molecule has 5 heteroatoms. The molecule has 3 aromatic rings. The third kappa shape index (κ3) is 3.15. The highest BCUT2D eigenvalue weighted by Gasteiger charge is 2.21. The van der Waals surface area contributed by atoms with Crippen molar-refractivity contribution in [1.82, 2.24) is 15.3 Å². The van der Waals surface area contributed by atoms with Crippen molar-refractivity contribution in [2.45, 2.75) is 25.4 Å². The highest BCUT2D eigenvalue weighted by Crippen LogP contribution is 2.31. The van der Waals surface area contributed by atoms with E-state index < -0.39 is 0 Å². The number of nitrogens with zero attached hydrogens (tertiary/aromatic N) is 3. The van der Waals surface area contributed by atoms with Gasteiger partial charge in [-0.15, -0.1) is 0 Å². The molecule has 0 amide bonds. The maximum Gasteiger partial charge on any atom is 0.183 e. The molecule has 0 radical (unpaired) electrons. The first-order chi connectivity index (χ1) is 12.7. The fraction of sp³-hybridized carbons (Fsp3) is 0.190. The normalized spacial score (nSPS) is 15.4. The lowest BCUT2D eigenvalue weighted by molar-refractivity contribution is 0.530. The van der Waals surface area contributed by atoms with Crippen LogP contribution in [0.25, 0.3) is 11.3 Å². The van der Waals surface area contributed by atoms with Crippen molar-refractivity contribution < 1.29 is 0 Å². The molecule has 5 nitrogen and oxygen atoms in total. The Morgan fingerprint density at radius 1 is 1.19 bits per heavy atom. The zero-order valence-electron chi connectivity index (χ0n) is 14.3. The molecule has 0 saturated carbocycles. The molecule has 1 heterocycles. The Labute approximate surface area is 152 Å². The maximum atomic E-state index is 9.09. The zero-order chi connectivity index (χ0) is 17.9. The van der Waals surface area contributed by atoms with Crippen molar-refractivity contribution >= 4 is 5.82 Å². The average molecular weight is 341 g/mol. The average Bonchev–Trinajstić information content (AvgIpc) is 3.10. The largest absolute Gasteiger partial charge is 0.381 e. The van der Waals surface area contributed by atoms with Crippen molar-refractivity contribution in [3.05, 3.63) is 77.1 Å². The van der Waals surface area contributed by atoms with Gasteiger partial charge < -0.3 is 11.1 Å². The molecule has 1 aliphatic carbocycles. The summed E-state index contributed by atoms with van der Waals surface area (Å²) in [5, 5.41) is 12.7. The highest BCUT2D eigenvalue weighted by atomic mass is 14.9. The molecule has 0 fully saturated rings. The van der Waals surface area contributed by atoms with Gasteiger partial charge in [0.05, 0.1) is 11.9 Å². The van der Waals surface area contributed by atoms with E-state index in [1.807, 2.05) is 18.2 Å². The summed E-state index contributed by atoms with van der Waals surface area (Å²) in [5.74, 6) is 0.161. The van der Waals surface area contributed by atoms with Crippen LogP contribution in [0.5, 0.6) is 0 Å². The van der Waals surface area contributed by atoms with E-state index in [1.54, 1.807) is 6.20 Å². The van der Waals surface area contributed by atoms with Crippen LogP contribution in [0.2, 0.25) is 0 Å². The minimum atomic E-state index is 0.161. The molecule has 3 N–H and O–H groups in total. The lowest BCUT2D eigenvalue weighted by atomic mass is 10.1. The van der Waals surface area contributed by atoms with Crippen LogP contribution in [0.3, 0.4) is 0 Å². The van der Waals surface area contributed by atoms with Crippen LogP contribution in [0, 0.1) is 11.3 Å². The topological polar surface area (TPSA) is 87.6 Å². The van der Waals surface area contributed by atoms with Crippen LogP contribution < -0.4 is 11.1 Å². The standard InChI is InChI=1S/C21H19N5/c22-11-19-21(23)25-13-20(26-19)16-6-3-4-14(10-16)12-24-18-9-8-15-5-1-2-7-17(15)18/h1-7,10,13,18,24H,8-9,12H2,(H2,23,25)/t18-/m0/s1. The number of aromatic nitrogens is 2. The minimum absolute atomic E-state index is 0.161. The van der Waals surface area contributed by atoms with Crippen LogP contribution in [0.15, 0.2) is 54.7 Å². The molecule has 0 saturated heterocycles. The molecule has 2 aromatic carbocycles. The molecule has 1 aliphatic rings. The van der Waals surface area contributed by atoms with Gasteiger partial charge in [-0.1, -0.05) is 42.5 Å². The van der Waals surface area contributed by atoms with Crippen molar-refractivity contribution in [1.29, 1.82) is 5.26 Å².